The predicted molar refractivity (Wildman–Crippen MR) is 93.0 cm³/mol. The van der Waals surface area contributed by atoms with Gasteiger partial charge in [-0.25, -0.2) is 9.82 Å². The van der Waals surface area contributed by atoms with Gasteiger partial charge in [0.05, 0.1) is 13.3 Å². The Bertz CT molecular complexity index is 760. The number of anilines is 1. The van der Waals surface area contributed by atoms with Gasteiger partial charge in [-0.15, -0.1) is 0 Å². The molecule has 0 spiro atoms. The standard InChI is InChI=1S/C18H18FN3O3/c1-25-16-4-2-3-13(11-16)12-20-22-18(24)10-9-17(23)21-15-7-5-14(19)6-8-15/h2-8,11-12H,9-10H2,1H3,(H,21,23)(H,22,24). The van der Waals surface area contributed by atoms with E-state index in [0.717, 1.165) is 5.56 Å². The van der Waals surface area contributed by atoms with Gasteiger partial charge < -0.3 is 10.1 Å². The quantitative estimate of drug-likeness (QED) is 0.599. The zero-order valence-corrected chi connectivity index (χ0v) is 13.7. The van der Waals surface area contributed by atoms with Crippen molar-refractivity contribution in [3.05, 3.63) is 59.9 Å². The molecule has 0 saturated carbocycles. The molecule has 0 aliphatic rings. The maximum atomic E-state index is 12.8. The van der Waals surface area contributed by atoms with Gasteiger partial charge in [0.2, 0.25) is 11.8 Å². The number of ether oxygens (including phenoxy) is 1. The highest BCUT2D eigenvalue weighted by atomic mass is 19.1. The third kappa shape index (κ3) is 6.42. The Kier molecular flexibility index (Phi) is 6.65. The Morgan fingerprint density at radius 3 is 2.56 bits per heavy atom. The summed E-state index contributed by atoms with van der Waals surface area (Å²) in [5.41, 5.74) is 3.60. The Labute approximate surface area is 144 Å². The van der Waals surface area contributed by atoms with Gasteiger partial charge in [0.1, 0.15) is 11.6 Å². The Morgan fingerprint density at radius 2 is 1.84 bits per heavy atom. The van der Waals surface area contributed by atoms with Crippen LogP contribution in [-0.2, 0) is 9.59 Å². The molecule has 0 fully saturated rings. The molecule has 130 valence electrons. The lowest BCUT2D eigenvalue weighted by Gasteiger charge is -2.04. The lowest BCUT2D eigenvalue weighted by Crippen LogP contribution is -2.20. The van der Waals surface area contributed by atoms with Crippen molar-refractivity contribution in [2.45, 2.75) is 12.8 Å². The lowest BCUT2D eigenvalue weighted by molar-refractivity contribution is -0.124. The number of hydrazone groups is 1. The number of benzene rings is 2. The molecule has 0 unspecified atom stereocenters. The Hall–Kier alpha value is -3.22. The molecular weight excluding hydrogens is 325 g/mol. The smallest absolute Gasteiger partial charge is 0.240 e. The summed E-state index contributed by atoms with van der Waals surface area (Å²) in [6, 6.07) is 12.6. The van der Waals surface area contributed by atoms with Crippen LogP contribution in [0.5, 0.6) is 5.75 Å². The van der Waals surface area contributed by atoms with Crippen molar-refractivity contribution in [1.29, 1.82) is 0 Å². The molecule has 0 aliphatic heterocycles. The molecule has 0 bridgehead atoms. The molecule has 0 aromatic heterocycles. The molecule has 2 N–H and O–H groups in total. The van der Waals surface area contributed by atoms with Crippen LogP contribution >= 0.6 is 0 Å². The molecule has 0 heterocycles. The van der Waals surface area contributed by atoms with E-state index in [0.29, 0.717) is 11.4 Å². The fourth-order valence-corrected chi connectivity index (χ4v) is 1.94. The Morgan fingerprint density at radius 1 is 1.12 bits per heavy atom. The molecule has 6 nitrogen and oxygen atoms in total. The summed E-state index contributed by atoms with van der Waals surface area (Å²) in [7, 11) is 1.56. The van der Waals surface area contributed by atoms with Crippen LogP contribution in [0, 0.1) is 5.82 Å². The largest absolute Gasteiger partial charge is 0.497 e. The highest BCUT2D eigenvalue weighted by Gasteiger charge is 2.06. The predicted octanol–water partition coefficient (Wildman–Crippen LogP) is 2.70. The van der Waals surface area contributed by atoms with Crippen LogP contribution in [0.25, 0.3) is 0 Å². The van der Waals surface area contributed by atoms with E-state index in [9.17, 15) is 14.0 Å². The second-order valence-electron chi connectivity index (χ2n) is 5.12. The van der Waals surface area contributed by atoms with Crippen LogP contribution in [0.3, 0.4) is 0 Å². The number of carbonyl (C=O) groups is 2. The van der Waals surface area contributed by atoms with Gasteiger partial charge >= 0.3 is 0 Å². The van der Waals surface area contributed by atoms with E-state index in [2.05, 4.69) is 15.8 Å². The van der Waals surface area contributed by atoms with Crippen LogP contribution in [0.4, 0.5) is 10.1 Å². The van der Waals surface area contributed by atoms with Gasteiger partial charge in [-0.3, -0.25) is 9.59 Å². The van der Waals surface area contributed by atoms with E-state index in [1.165, 1.54) is 30.5 Å². The molecule has 0 radical (unpaired) electrons. The van der Waals surface area contributed by atoms with E-state index in [-0.39, 0.29) is 30.5 Å². The number of hydrogen-bond donors (Lipinski definition) is 2. The van der Waals surface area contributed by atoms with E-state index in [1.54, 1.807) is 19.2 Å². The van der Waals surface area contributed by atoms with E-state index < -0.39 is 0 Å². The van der Waals surface area contributed by atoms with Crippen molar-refractivity contribution in [3.63, 3.8) is 0 Å². The molecule has 0 atom stereocenters. The fourth-order valence-electron chi connectivity index (χ4n) is 1.94. The summed E-state index contributed by atoms with van der Waals surface area (Å²) >= 11 is 0. The second-order valence-corrected chi connectivity index (χ2v) is 5.12. The number of halogens is 1. The van der Waals surface area contributed by atoms with Gasteiger partial charge in [-0.2, -0.15) is 5.10 Å². The van der Waals surface area contributed by atoms with Gasteiger partial charge in [-0.05, 0) is 42.0 Å². The van der Waals surface area contributed by atoms with Gasteiger partial charge in [-0.1, -0.05) is 12.1 Å². The molecule has 25 heavy (non-hydrogen) atoms. The van der Waals surface area contributed by atoms with Crippen molar-refractivity contribution in [2.24, 2.45) is 5.10 Å². The summed E-state index contributed by atoms with van der Waals surface area (Å²) in [5, 5.41) is 6.42. The van der Waals surface area contributed by atoms with Gasteiger partial charge in [0.25, 0.3) is 0 Å². The highest BCUT2D eigenvalue weighted by molar-refractivity contribution is 5.93. The van der Waals surface area contributed by atoms with Crippen LogP contribution in [0.2, 0.25) is 0 Å². The third-order valence-electron chi connectivity index (χ3n) is 3.20. The molecule has 0 saturated heterocycles. The molecule has 0 aliphatic carbocycles. The van der Waals surface area contributed by atoms with E-state index in [4.69, 9.17) is 4.74 Å². The average Bonchev–Trinajstić information content (AvgIpc) is 2.62. The SMILES string of the molecule is COc1cccc(C=NNC(=O)CCC(=O)Nc2ccc(F)cc2)c1. The number of amides is 2. The highest BCUT2D eigenvalue weighted by Crippen LogP contribution is 2.11. The first-order valence-electron chi connectivity index (χ1n) is 7.58. The first-order valence-corrected chi connectivity index (χ1v) is 7.58. The summed E-state index contributed by atoms with van der Waals surface area (Å²) in [5.74, 6) is -0.411. The lowest BCUT2D eigenvalue weighted by atomic mass is 10.2. The van der Waals surface area contributed by atoms with Crippen molar-refractivity contribution in [2.75, 3.05) is 12.4 Å². The minimum absolute atomic E-state index is 0.00209. The number of carbonyl (C=O) groups excluding carboxylic acids is 2. The zero-order chi connectivity index (χ0) is 18.1. The minimum atomic E-state index is -0.383. The second kappa shape index (κ2) is 9.17. The summed E-state index contributed by atoms with van der Waals surface area (Å²) in [6.45, 7) is 0. The molecule has 2 aromatic carbocycles. The normalized spacial score (nSPS) is 10.5. The molecule has 2 rings (SSSR count). The number of nitrogens with one attached hydrogen (secondary N) is 2. The summed E-state index contributed by atoms with van der Waals surface area (Å²) in [4.78, 5) is 23.4. The molecule has 7 heteroatoms. The number of nitrogens with zero attached hydrogens (tertiary/aromatic N) is 1. The van der Waals surface area contributed by atoms with Gasteiger partial charge in [0.15, 0.2) is 0 Å². The topological polar surface area (TPSA) is 79.8 Å². The summed E-state index contributed by atoms with van der Waals surface area (Å²) in [6.07, 6.45) is 1.47. The molecule has 2 amide bonds. The molecular formula is C18H18FN3O3. The number of rotatable bonds is 7. The van der Waals surface area contributed by atoms with Crippen molar-refractivity contribution in [3.8, 4) is 5.75 Å². The minimum Gasteiger partial charge on any atom is -0.497 e. The van der Waals surface area contributed by atoms with E-state index in [1.807, 2.05) is 12.1 Å². The number of hydrogen-bond acceptors (Lipinski definition) is 4. The monoisotopic (exact) mass is 343 g/mol. The van der Waals surface area contributed by atoms with Crippen LogP contribution in [0.15, 0.2) is 53.6 Å². The molecule has 2 aromatic rings. The van der Waals surface area contributed by atoms with Crippen molar-refractivity contribution in [1.82, 2.24) is 5.43 Å². The Balaban J connectivity index is 1.73. The number of methoxy groups -OCH3 is 1. The van der Waals surface area contributed by atoms with Crippen LogP contribution < -0.4 is 15.5 Å². The first kappa shape index (κ1) is 18.1. The van der Waals surface area contributed by atoms with Crippen LogP contribution in [-0.4, -0.2) is 25.1 Å². The maximum absolute atomic E-state index is 12.8. The third-order valence-corrected chi connectivity index (χ3v) is 3.20. The van der Waals surface area contributed by atoms with Crippen molar-refractivity contribution >= 4 is 23.7 Å². The maximum Gasteiger partial charge on any atom is 0.240 e. The summed E-state index contributed by atoms with van der Waals surface area (Å²) < 4.78 is 17.9. The van der Waals surface area contributed by atoms with E-state index >= 15 is 0 Å². The first-order chi connectivity index (χ1) is 12.1. The van der Waals surface area contributed by atoms with Gasteiger partial charge in [0, 0.05) is 18.5 Å². The van der Waals surface area contributed by atoms with Crippen LogP contribution in [0.1, 0.15) is 18.4 Å². The van der Waals surface area contributed by atoms with Crippen molar-refractivity contribution < 1.29 is 18.7 Å². The zero-order valence-electron chi connectivity index (χ0n) is 13.7. The average molecular weight is 343 g/mol. The fraction of sp³-hybridized carbons (Fsp3) is 0.167.